The molecular formula is C14H18O2. The molecule has 0 bridgehead atoms. The maximum Gasteiger partial charge on any atom is 0.239 e. The Morgan fingerprint density at radius 3 is 2.38 bits per heavy atom. The second-order valence-electron chi connectivity index (χ2n) is 4.06. The van der Waals surface area contributed by atoms with E-state index >= 15 is 0 Å². The van der Waals surface area contributed by atoms with Crippen molar-refractivity contribution in [2.45, 2.75) is 38.4 Å². The lowest BCUT2D eigenvalue weighted by atomic mass is 10.1. The summed E-state index contributed by atoms with van der Waals surface area (Å²) in [5.41, 5.74) is 1.43. The van der Waals surface area contributed by atoms with Crippen molar-refractivity contribution >= 4 is 0 Å². The quantitative estimate of drug-likeness (QED) is 0.679. The molecule has 1 aromatic rings. The summed E-state index contributed by atoms with van der Waals surface area (Å²) in [6.07, 6.45) is 9.01. The summed E-state index contributed by atoms with van der Waals surface area (Å²) >= 11 is 0. The molecule has 0 aliphatic carbocycles. The molecule has 0 amide bonds. The first-order valence-electron chi connectivity index (χ1n) is 5.95. The Morgan fingerprint density at radius 2 is 1.62 bits per heavy atom. The van der Waals surface area contributed by atoms with E-state index in [2.05, 4.69) is 30.3 Å². The predicted molar refractivity (Wildman–Crippen MR) is 63.7 cm³/mol. The molecule has 86 valence electrons. The van der Waals surface area contributed by atoms with Gasteiger partial charge in [0.2, 0.25) is 6.29 Å². The van der Waals surface area contributed by atoms with Gasteiger partial charge in [-0.3, -0.25) is 0 Å². The van der Waals surface area contributed by atoms with Crippen LogP contribution in [0.5, 0.6) is 0 Å². The zero-order chi connectivity index (χ0) is 11.1. The average Bonchev–Trinajstić information content (AvgIpc) is 2.83. The van der Waals surface area contributed by atoms with Gasteiger partial charge in [-0.15, -0.1) is 0 Å². The molecule has 0 radical (unpaired) electrons. The molecule has 1 aliphatic rings. The first kappa shape index (κ1) is 11.1. The second-order valence-corrected chi connectivity index (χ2v) is 4.06. The maximum atomic E-state index is 5.22. The summed E-state index contributed by atoms with van der Waals surface area (Å²) in [6, 6.07) is 10.6. The molecule has 2 nitrogen and oxygen atoms in total. The molecule has 0 atom stereocenters. The zero-order valence-electron chi connectivity index (χ0n) is 9.47. The molecular weight excluding hydrogens is 200 g/mol. The summed E-state index contributed by atoms with van der Waals surface area (Å²) < 4.78 is 10.4. The van der Waals surface area contributed by atoms with E-state index < -0.39 is 0 Å². The van der Waals surface area contributed by atoms with Crippen LogP contribution >= 0.6 is 0 Å². The van der Waals surface area contributed by atoms with E-state index in [1.165, 1.54) is 31.2 Å². The van der Waals surface area contributed by atoms with Crippen LogP contribution in [-0.2, 0) is 15.9 Å². The lowest BCUT2D eigenvalue weighted by molar-refractivity contribution is -0.0294. The van der Waals surface area contributed by atoms with Gasteiger partial charge in [0, 0.05) is 6.42 Å². The second kappa shape index (κ2) is 6.21. The highest BCUT2D eigenvalue weighted by atomic mass is 16.7. The predicted octanol–water partition coefficient (Wildman–Crippen LogP) is 3.63. The standard InChI is InChI=1S/C14H18O2/c1-3-7-13(8-4-1)9-5-2-6-10-14-15-11-12-16-14/h1,3-4,7-8,11-12,14H,2,5-6,9-10H2. The van der Waals surface area contributed by atoms with Crippen molar-refractivity contribution in [2.24, 2.45) is 0 Å². The van der Waals surface area contributed by atoms with Crippen LogP contribution in [0.1, 0.15) is 31.2 Å². The molecule has 1 heterocycles. The van der Waals surface area contributed by atoms with Gasteiger partial charge in [-0.25, -0.2) is 0 Å². The highest BCUT2D eigenvalue weighted by Crippen LogP contribution is 2.14. The average molecular weight is 218 g/mol. The Balaban J connectivity index is 1.52. The van der Waals surface area contributed by atoms with E-state index in [-0.39, 0.29) is 6.29 Å². The van der Waals surface area contributed by atoms with E-state index in [0.717, 1.165) is 6.42 Å². The molecule has 0 N–H and O–H groups in total. The molecule has 1 aromatic carbocycles. The molecule has 0 aromatic heterocycles. The number of ether oxygens (including phenoxy) is 2. The number of benzene rings is 1. The third-order valence-electron chi connectivity index (χ3n) is 2.76. The first-order valence-corrected chi connectivity index (χ1v) is 5.95. The lowest BCUT2D eigenvalue weighted by Crippen LogP contribution is -2.06. The molecule has 0 saturated heterocycles. The number of rotatable bonds is 6. The van der Waals surface area contributed by atoms with E-state index in [9.17, 15) is 0 Å². The number of unbranched alkanes of at least 4 members (excludes halogenated alkanes) is 2. The minimum atomic E-state index is -0.0308. The molecule has 1 aliphatic heterocycles. The van der Waals surface area contributed by atoms with Gasteiger partial charge in [0.05, 0.1) is 0 Å². The number of aryl methyl sites for hydroxylation is 1. The monoisotopic (exact) mass is 218 g/mol. The van der Waals surface area contributed by atoms with Crippen LogP contribution in [0, 0.1) is 0 Å². The van der Waals surface area contributed by atoms with Crippen molar-refractivity contribution in [3.05, 3.63) is 48.4 Å². The first-order chi connectivity index (χ1) is 7.95. The number of hydrogen-bond donors (Lipinski definition) is 0. The molecule has 0 fully saturated rings. The van der Waals surface area contributed by atoms with Crippen molar-refractivity contribution in [1.82, 2.24) is 0 Å². The molecule has 0 saturated carbocycles. The summed E-state index contributed by atoms with van der Waals surface area (Å²) in [7, 11) is 0. The fourth-order valence-corrected chi connectivity index (χ4v) is 1.87. The van der Waals surface area contributed by atoms with Crippen LogP contribution in [0.25, 0.3) is 0 Å². The fraction of sp³-hybridized carbons (Fsp3) is 0.429. The highest BCUT2D eigenvalue weighted by Gasteiger charge is 2.10. The normalized spacial score (nSPS) is 14.8. The van der Waals surface area contributed by atoms with Gasteiger partial charge in [0.1, 0.15) is 12.5 Å². The summed E-state index contributed by atoms with van der Waals surface area (Å²) in [5, 5.41) is 0. The topological polar surface area (TPSA) is 18.5 Å². The van der Waals surface area contributed by atoms with Gasteiger partial charge >= 0.3 is 0 Å². The van der Waals surface area contributed by atoms with E-state index in [4.69, 9.17) is 9.47 Å². The third-order valence-corrected chi connectivity index (χ3v) is 2.76. The van der Waals surface area contributed by atoms with Crippen LogP contribution in [0.3, 0.4) is 0 Å². The van der Waals surface area contributed by atoms with E-state index in [1.54, 1.807) is 12.5 Å². The lowest BCUT2D eigenvalue weighted by Gasteiger charge is -2.09. The Hall–Kier alpha value is -1.44. The van der Waals surface area contributed by atoms with Gasteiger partial charge in [-0.2, -0.15) is 0 Å². The van der Waals surface area contributed by atoms with Crippen LogP contribution in [-0.4, -0.2) is 6.29 Å². The SMILES string of the molecule is C1=COC(CCCCCc2ccccc2)O1. The van der Waals surface area contributed by atoms with Crippen LogP contribution < -0.4 is 0 Å². The number of hydrogen-bond acceptors (Lipinski definition) is 2. The Labute approximate surface area is 96.9 Å². The largest absolute Gasteiger partial charge is 0.459 e. The summed E-state index contributed by atoms with van der Waals surface area (Å²) in [5.74, 6) is 0. The summed E-state index contributed by atoms with van der Waals surface area (Å²) in [4.78, 5) is 0. The smallest absolute Gasteiger partial charge is 0.239 e. The summed E-state index contributed by atoms with van der Waals surface area (Å²) in [6.45, 7) is 0. The molecule has 16 heavy (non-hydrogen) atoms. The van der Waals surface area contributed by atoms with Crippen molar-refractivity contribution in [3.63, 3.8) is 0 Å². The minimum Gasteiger partial charge on any atom is -0.459 e. The highest BCUT2D eigenvalue weighted by molar-refractivity contribution is 5.14. The maximum absolute atomic E-state index is 5.22. The Kier molecular flexibility index (Phi) is 4.29. The van der Waals surface area contributed by atoms with Gasteiger partial charge in [0.25, 0.3) is 0 Å². The van der Waals surface area contributed by atoms with Crippen molar-refractivity contribution in [1.29, 1.82) is 0 Å². The molecule has 2 heteroatoms. The third kappa shape index (κ3) is 3.61. The zero-order valence-corrected chi connectivity index (χ0v) is 9.47. The van der Waals surface area contributed by atoms with Gasteiger partial charge in [-0.05, 0) is 24.8 Å². The van der Waals surface area contributed by atoms with Gasteiger partial charge < -0.3 is 9.47 Å². The van der Waals surface area contributed by atoms with E-state index in [0.29, 0.717) is 0 Å². The molecule has 0 unspecified atom stereocenters. The molecule has 0 spiro atoms. The Morgan fingerprint density at radius 1 is 0.875 bits per heavy atom. The van der Waals surface area contributed by atoms with Gasteiger partial charge in [0.15, 0.2) is 0 Å². The van der Waals surface area contributed by atoms with E-state index in [1.807, 2.05) is 0 Å². The van der Waals surface area contributed by atoms with Crippen LogP contribution in [0.15, 0.2) is 42.9 Å². The fourth-order valence-electron chi connectivity index (χ4n) is 1.87. The van der Waals surface area contributed by atoms with Crippen LogP contribution in [0.4, 0.5) is 0 Å². The molecule has 2 rings (SSSR count). The van der Waals surface area contributed by atoms with Crippen LogP contribution in [0.2, 0.25) is 0 Å². The van der Waals surface area contributed by atoms with Crippen molar-refractivity contribution < 1.29 is 9.47 Å². The van der Waals surface area contributed by atoms with Gasteiger partial charge in [-0.1, -0.05) is 36.8 Å². The Bertz CT molecular complexity index is 311. The van der Waals surface area contributed by atoms with Crippen molar-refractivity contribution in [3.8, 4) is 0 Å². The van der Waals surface area contributed by atoms with Crippen molar-refractivity contribution in [2.75, 3.05) is 0 Å². The minimum absolute atomic E-state index is 0.0308.